The summed E-state index contributed by atoms with van der Waals surface area (Å²) in [5, 5.41) is 11.4. The second kappa shape index (κ2) is 6.78. The second-order valence-corrected chi connectivity index (χ2v) is 6.58. The molecule has 0 rings (SSSR count). The fourth-order valence-electron chi connectivity index (χ4n) is 0.885. The number of hydrogen-bond acceptors (Lipinski definition) is 3. The lowest BCUT2D eigenvalue weighted by Crippen LogP contribution is -2.29. The first kappa shape index (κ1) is 15.3. The first-order valence-electron chi connectivity index (χ1n) is 5.36. The Kier molecular flexibility index (Phi) is 6.48. The molecule has 0 bridgehead atoms. The zero-order chi connectivity index (χ0) is 12.8. The molecule has 0 aliphatic carbocycles. The maximum absolute atomic E-state index is 11.4. The fraction of sp³-hybridized carbons (Fsp3) is 0.818. The van der Waals surface area contributed by atoms with Gasteiger partial charge in [0.05, 0.1) is 11.7 Å². The lowest BCUT2D eigenvalue weighted by atomic mass is 10.1. The Morgan fingerprint density at radius 1 is 1.38 bits per heavy atom. The highest BCUT2D eigenvalue weighted by molar-refractivity contribution is 8.01. The minimum atomic E-state index is -0.821. The maximum Gasteiger partial charge on any atom is 0.306 e. The summed E-state index contributed by atoms with van der Waals surface area (Å²) in [5.74, 6) is -0.836. The molecule has 1 amide bonds. The molecular formula is C11H21NO3S. The number of amides is 1. The Balaban J connectivity index is 3.63. The van der Waals surface area contributed by atoms with E-state index in [4.69, 9.17) is 5.11 Å². The second-order valence-electron chi connectivity index (χ2n) is 4.78. The Labute approximate surface area is 101 Å². The van der Waals surface area contributed by atoms with Crippen LogP contribution in [0.25, 0.3) is 0 Å². The van der Waals surface area contributed by atoms with Crippen LogP contribution in [-0.4, -0.2) is 34.0 Å². The van der Waals surface area contributed by atoms with Crippen molar-refractivity contribution in [3.63, 3.8) is 0 Å². The molecule has 2 N–H and O–H groups in total. The van der Waals surface area contributed by atoms with Crippen molar-refractivity contribution in [1.82, 2.24) is 5.32 Å². The van der Waals surface area contributed by atoms with Gasteiger partial charge >= 0.3 is 5.97 Å². The molecule has 1 unspecified atom stereocenters. The number of carbonyl (C=O) groups is 2. The number of carboxylic acid groups (broad SMARTS) is 1. The van der Waals surface area contributed by atoms with Crippen LogP contribution in [0.1, 0.15) is 34.1 Å². The number of thioether (sulfide) groups is 1. The quantitative estimate of drug-likeness (QED) is 0.750. The standard InChI is InChI=1S/C11H21NO3S/c1-8(10(14)15)5-6-12-9(13)7-16-11(2,3)4/h8H,5-7H2,1-4H3,(H,12,13)(H,14,15). The number of carbonyl (C=O) groups excluding carboxylic acids is 1. The average Bonchev–Trinajstić information content (AvgIpc) is 2.13. The molecular weight excluding hydrogens is 226 g/mol. The van der Waals surface area contributed by atoms with E-state index in [1.165, 1.54) is 0 Å². The summed E-state index contributed by atoms with van der Waals surface area (Å²) < 4.78 is 0.0751. The van der Waals surface area contributed by atoms with E-state index < -0.39 is 11.9 Å². The van der Waals surface area contributed by atoms with Gasteiger partial charge < -0.3 is 10.4 Å². The normalized spacial score (nSPS) is 13.2. The van der Waals surface area contributed by atoms with E-state index in [9.17, 15) is 9.59 Å². The molecule has 0 fully saturated rings. The number of aliphatic carboxylic acids is 1. The van der Waals surface area contributed by atoms with Crippen LogP contribution in [0.3, 0.4) is 0 Å². The van der Waals surface area contributed by atoms with Crippen molar-refractivity contribution in [2.24, 2.45) is 5.92 Å². The number of hydrogen-bond donors (Lipinski definition) is 2. The molecule has 1 atom stereocenters. The number of carboxylic acids is 1. The predicted molar refractivity (Wildman–Crippen MR) is 66.6 cm³/mol. The molecule has 0 saturated carbocycles. The van der Waals surface area contributed by atoms with Gasteiger partial charge in [0.25, 0.3) is 0 Å². The zero-order valence-electron chi connectivity index (χ0n) is 10.4. The molecule has 0 aliphatic rings. The number of rotatable bonds is 6. The fourth-order valence-corrected chi connectivity index (χ4v) is 1.55. The van der Waals surface area contributed by atoms with E-state index in [-0.39, 0.29) is 10.7 Å². The topological polar surface area (TPSA) is 66.4 Å². The third-order valence-corrected chi connectivity index (χ3v) is 3.23. The van der Waals surface area contributed by atoms with Crippen LogP contribution < -0.4 is 5.32 Å². The average molecular weight is 247 g/mol. The SMILES string of the molecule is CC(CCNC(=O)CSC(C)(C)C)C(=O)O. The smallest absolute Gasteiger partial charge is 0.306 e. The molecule has 0 heterocycles. The van der Waals surface area contributed by atoms with Gasteiger partial charge in [-0.15, -0.1) is 11.8 Å². The minimum Gasteiger partial charge on any atom is -0.481 e. The summed E-state index contributed by atoms with van der Waals surface area (Å²) >= 11 is 1.58. The van der Waals surface area contributed by atoms with Gasteiger partial charge in [-0.1, -0.05) is 27.7 Å². The van der Waals surface area contributed by atoms with Crippen LogP contribution in [-0.2, 0) is 9.59 Å². The van der Waals surface area contributed by atoms with E-state index >= 15 is 0 Å². The summed E-state index contributed by atoms with van der Waals surface area (Å²) in [6.07, 6.45) is 0.473. The molecule has 0 radical (unpaired) electrons. The highest BCUT2D eigenvalue weighted by Crippen LogP contribution is 2.22. The van der Waals surface area contributed by atoms with E-state index in [0.29, 0.717) is 18.7 Å². The Morgan fingerprint density at radius 3 is 2.38 bits per heavy atom. The van der Waals surface area contributed by atoms with E-state index in [1.807, 2.05) is 0 Å². The molecule has 0 aromatic heterocycles. The lowest BCUT2D eigenvalue weighted by Gasteiger charge is -2.17. The van der Waals surface area contributed by atoms with Crippen molar-refractivity contribution in [3.8, 4) is 0 Å². The van der Waals surface area contributed by atoms with Gasteiger partial charge in [0.15, 0.2) is 0 Å². The summed E-state index contributed by atoms with van der Waals surface area (Å²) in [7, 11) is 0. The van der Waals surface area contributed by atoms with Gasteiger partial charge in [0, 0.05) is 11.3 Å². The van der Waals surface area contributed by atoms with Crippen LogP contribution in [0.15, 0.2) is 0 Å². The first-order chi connectivity index (χ1) is 7.22. The summed E-state index contributed by atoms with van der Waals surface area (Å²) in [4.78, 5) is 21.9. The summed E-state index contributed by atoms with van der Waals surface area (Å²) in [6.45, 7) is 8.22. The monoisotopic (exact) mass is 247 g/mol. The van der Waals surface area contributed by atoms with Gasteiger partial charge in [-0.25, -0.2) is 0 Å². The van der Waals surface area contributed by atoms with Crippen LogP contribution in [0.5, 0.6) is 0 Å². The largest absolute Gasteiger partial charge is 0.481 e. The Hall–Kier alpha value is -0.710. The third kappa shape index (κ3) is 8.59. The van der Waals surface area contributed by atoms with Gasteiger partial charge in [-0.05, 0) is 6.42 Å². The lowest BCUT2D eigenvalue weighted by molar-refractivity contribution is -0.141. The highest BCUT2D eigenvalue weighted by Gasteiger charge is 2.14. The Morgan fingerprint density at radius 2 is 1.94 bits per heavy atom. The molecule has 0 spiro atoms. The van der Waals surface area contributed by atoms with Crippen LogP contribution in [0.2, 0.25) is 0 Å². The predicted octanol–water partition coefficient (Wildman–Crippen LogP) is 1.75. The molecule has 0 aromatic rings. The van der Waals surface area contributed by atoms with Crippen molar-refractivity contribution in [2.75, 3.05) is 12.3 Å². The van der Waals surface area contributed by atoms with Gasteiger partial charge in [0.1, 0.15) is 0 Å². The van der Waals surface area contributed by atoms with Crippen molar-refractivity contribution < 1.29 is 14.7 Å². The van der Waals surface area contributed by atoms with E-state index in [1.54, 1.807) is 18.7 Å². The van der Waals surface area contributed by atoms with Crippen LogP contribution in [0, 0.1) is 5.92 Å². The Bertz CT molecular complexity index is 248. The minimum absolute atomic E-state index is 0.0301. The zero-order valence-corrected chi connectivity index (χ0v) is 11.2. The molecule has 0 aromatic carbocycles. The molecule has 5 heteroatoms. The van der Waals surface area contributed by atoms with E-state index in [0.717, 1.165) is 0 Å². The molecule has 94 valence electrons. The number of nitrogens with one attached hydrogen (secondary N) is 1. The molecule has 16 heavy (non-hydrogen) atoms. The van der Waals surface area contributed by atoms with Crippen molar-refractivity contribution in [1.29, 1.82) is 0 Å². The summed E-state index contributed by atoms with van der Waals surface area (Å²) in [5.41, 5.74) is 0. The van der Waals surface area contributed by atoms with Gasteiger partial charge in [-0.3, -0.25) is 9.59 Å². The first-order valence-corrected chi connectivity index (χ1v) is 6.34. The van der Waals surface area contributed by atoms with Crippen molar-refractivity contribution in [3.05, 3.63) is 0 Å². The van der Waals surface area contributed by atoms with Gasteiger partial charge in [0.2, 0.25) is 5.91 Å². The van der Waals surface area contributed by atoms with E-state index in [2.05, 4.69) is 26.1 Å². The molecule has 0 aliphatic heterocycles. The van der Waals surface area contributed by atoms with Crippen molar-refractivity contribution in [2.45, 2.75) is 38.9 Å². The van der Waals surface area contributed by atoms with Crippen LogP contribution >= 0.6 is 11.8 Å². The highest BCUT2D eigenvalue weighted by atomic mass is 32.2. The summed E-state index contributed by atoms with van der Waals surface area (Å²) in [6, 6.07) is 0. The molecule has 0 saturated heterocycles. The van der Waals surface area contributed by atoms with Crippen molar-refractivity contribution >= 4 is 23.6 Å². The molecule has 4 nitrogen and oxygen atoms in total. The maximum atomic E-state index is 11.4. The van der Waals surface area contributed by atoms with Crippen LogP contribution in [0.4, 0.5) is 0 Å². The third-order valence-electron chi connectivity index (χ3n) is 1.96. The van der Waals surface area contributed by atoms with Gasteiger partial charge in [-0.2, -0.15) is 0 Å².